The van der Waals surface area contributed by atoms with E-state index in [9.17, 15) is 4.79 Å². The van der Waals surface area contributed by atoms with E-state index < -0.39 is 0 Å². The molecule has 0 fully saturated rings. The predicted octanol–water partition coefficient (Wildman–Crippen LogP) is 2.29. The lowest BCUT2D eigenvalue weighted by atomic mass is 10.2. The van der Waals surface area contributed by atoms with Gasteiger partial charge >= 0.3 is 0 Å². The molecule has 16 heavy (non-hydrogen) atoms. The lowest BCUT2D eigenvalue weighted by Crippen LogP contribution is -2.34. The van der Waals surface area contributed by atoms with Gasteiger partial charge in [-0.3, -0.25) is 4.79 Å². The van der Waals surface area contributed by atoms with Crippen molar-refractivity contribution in [3.63, 3.8) is 0 Å². The number of carbonyl (C=O) groups excluding carboxylic acids is 1. The molecule has 0 radical (unpaired) electrons. The Morgan fingerprint density at radius 3 is 2.88 bits per heavy atom. The largest absolute Gasteiger partial charge is 0.472 e. The number of amides is 1. The first-order valence-electron chi connectivity index (χ1n) is 5.33. The van der Waals surface area contributed by atoms with Crippen LogP contribution < -0.4 is 0 Å². The summed E-state index contributed by atoms with van der Waals surface area (Å²) in [6.45, 7) is 5.22. The molecule has 0 spiro atoms. The molecule has 4 heteroatoms. The van der Waals surface area contributed by atoms with Gasteiger partial charge in [-0.1, -0.05) is 13.8 Å². The summed E-state index contributed by atoms with van der Waals surface area (Å²) >= 11 is 0. The Balaban J connectivity index is 2.68. The Kier molecular flexibility index (Phi) is 4.59. The minimum absolute atomic E-state index is 0.0716. The Hall–Kier alpha value is -1.76. The summed E-state index contributed by atoms with van der Waals surface area (Å²) in [6, 6.07) is 3.70. The second-order valence-electron chi connectivity index (χ2n) is 4.07. The van der Waals surface area contributed by atoms with E-state index in [0.29, 0.717) is 31.0 Å². The minimum Gasteiger partial charge on any atom is -0.472 e. The summed E-state index contributed by atoms with van der Waals surface area (Å²) in [5.74, 6) is 0.312. The zero-order valence-electron chi connectivity index (χ0n) is 9.64. The van der Waals surface area contributed by atoms with E-state index in [1.165, 1.54) is 12.5 Å². The molecule has 4 nitrogen and oxygen atoms in total. The van der Waals surface area contributed by atoms with Crippen LogP contribution in [0.15, 0.2) is 23.0 Å². The van der Waals surface area contributed by atoms with Crippen LogP contribution in [0.3, 0.4) is 0 Å². The zero-order chi connectivity index (χ0) is 12.0. The van der Waals surface area contributed by atoms with Crippen molar-refractivity contribution in [3.8, 4) is 6.07 Å². The molecule has 0 saturated carbocycles. The van der Waals surface area contributed by atoms with Gasteiger partial charge in [-0.15, -0.1) is 0 Å². The van der Waals surface area contributed by atoms with E-state index in [1.807, 2.05) is 13.8 Å². The molecule has 0 saturated heterocycles. The fourth-order valence-electron chi connectivity index (χ4n) is 1.47. The van der Waals surface area contributed by atoms with Crippen LogP contribution >= 0.6 is 0 Å². The zero-order valence-corrected chi connectivity index (χ0v) is 9.64. The van der Waals surface area contributed by atoms with Crippen LogP contribution in [0.5, 0.6) is 0 Å². The van der Waals surface area contributed by atoms with Gasteiger partial charge in [0.15, 0.2) is 0 Å². The molecular formula is C12H16N2O2. The molecule has 0 unspecified atom stereocenters. The van der Waals surface area contributed by atoms with Crippen LogP contribution in [0.25, 0.3) is 0 Å². The van der Waals surface area contributed by atoms with Crippen molar-refractivity contribution in [1.29, 1.82) is 5.26 Å². The van der Waals surface area contributed by atoms with E-state index in [0.717, 1.165) is 0 Å². The van der Waals surface area contributed by atoms with Gasteiger partial charge in [0.25, 0.3) is 5.91 Å². The maximum atomic E-state index is 12.0. The maximum Gasteiger partial charge on any atom is 0.257 e. The summed E-state index contributed by atoms with van der Waals surface area (Å²) in [4.78, 5) is 13.7. The quantitative estimate of drug-likeness (QED) is 0.765. The molecule has 1 heterocycles. The molecule has 0 bridgehead atoms. The van der Waals surface area contributed by atoms with Crippen LogP contribution in [-0.2, 0) is 0 Å². The lowest BCUT2D eigenvalue weighted by molar-refractivity contribution is 0.0739. The Bertz CT molecular complexity index is 363. The third-order valence-electron chi connectivity index (χ3n) is 2.13. The van der Waals surface area contributed by atoms with Gasteiger partial charge in [-0.05, 0) is 12.0 Å². The van der Waals surface area contributed by atoms with E-state index in [2.05, 4.69) is 6.07 Å². The van der Waals surface area contributed by atoms with Crippen molar-refractivity contribution in [2.75, 3.05) is 13.1 Å². The average molecular weight is 220 g/mol. The van der Waals surface area contributed by atoms with Crippen molar-refractivity contribution in [1.82, 2.24) is 4.90 Å². The molecule has 86 valence electrons. The Morgan fingerprint density at radius 1 is 1.62 bits per heavy atom. The molecule has 0 aliphatic heterocycles. The third kappa shape index (κ3) is 3.43. The molecular weight excluding hydrogens is 204 g/mol. The number of furan rings is 1. The summed E-state index contributed by atoms with van der Waals surface area (Å²) in [5, 5.41) is 8.56. The number of rotatable bonds is 5. The van der Waals surface area contributed by atoms with E-state index >= 15 is 0 Å². The second kappa shape index (κ2) is 5.96. The Morgan fingerprint density at radius 2 is 2.38 bits per heavy atom. The first-order chi connectivity index (χ1) is 7.65. The van der Waals surface area contributed by atoms with Gasteiger partial charge < -0.3 is 9.32 Å². The van der Waals surface area contributed by atoms with Crippen molar-refractivity contribution in [2.45, 2.75) is 20.3 Å². The molecule has 1 aromatic rings. The SMILES string of the molecule is CC(C)CN(CCC#N)C(=O)c1ccoc1. The monoisotopic (exact) mass is 220 g/mol. The first kappa shape index (κ1) is 12.3. The molecule has 0 aliphatic carbocycles. The standard InChI is InChI=1S/C12H16N2O2/c1-10(2)8-14(6-3-5-13)12(15)11-4-7-16-9-11/h4,7,9-10H,3,6,8H2,1-2H3. The topological polar surface area (TPSA) is 57.2 Å². The van der Waals surface area contributed by atoms with E-state index in [-0.39, 0.29) is 5.91 Å². The van der Waals surface area contributed by atoms with E-state index in [1.54, 1.807) is 11.0 Å². The molecule has 1 rings (SSSR count). The van der Waals surface area contributed by atoms with Gasteiger partial charge in [0, 0.05) is 13.1 Å². The smallest absolute Gasteiger partial charge is 0.257 e. The first-order valence-corrected chi connectivity index (χ1v) is 5.33. The van der Waals surface area contributed by atoms with Gasteiger partial charge in [0.1, 0.15) is 6.26 Å². The molecule has 0 aliphatic rings. The highest BCUT2D eigenvalue weighted by molar-refractivity contribution is 5.93. The number of nitriles is 1. The highest BCUT2D eigenvalue weighted by Crippen LogP contribution is 2.08. The van der Waals surface area contributed by atoms with Crippen molar-refractivity contribution < 1.29 is 9.21 Å². The van der Waals surface area contributed by atoms with Crippen molar-refractivity contribution in [2.24, 2.45) is 5.92 Å². The van der Waals surface area contributed by atoms with Crippen LogP contribution in [0, 0.1) is 17.2 Å². The second-order valence-corrected chi connectivity index (χ2v) is 4.07. The number of hydrogen-bond donors (Lipinski definition) is 0. The van der Waals surface area contributed by atoms with E-state index in [4.69, 9.17) is 9.68 Å². The summed E-state index contributed by atoms with van der Waals surface area (Å²) in [5.41, 5.74) is 0.540. The number of hydrogen-bond acceptors (Lipinski definition) is 3. The van der Waals surface area contributed by atoms with Crippen LogP contribution in [-0.4, -0.2) is 23.9 Å². The lowest BCUT2D eigenvalue weighted by Gasteiger charge is -2.22. The van der Waals surface area contributed by atoms with Gasteiger partial charge in [0.05, 0.1) is 24.3 Å². The van der Waals surface area contributed by atoms with Crippen LogP contribution in [0.2, 0.25) is 0 Å². The van der Waals surface area contributed by atoms with Gasteiger partial charge in [-0.25, -0.2) is 0 Å². The molecule has 0 N–H and O–H groups in total. The molecule has 1 aromatic heterocycles. The van der Waals surface area contributed by atoms with Crippen LogP contribution in [0.4, 0.5) is 0 Å². The molecule has 0 atom stereocenters. The van der Waals surface area contributed by atoms with Gasteiger partial charge in [0.2, 0.25) is 0 Å². The normalized spacial score (nSPS) is 10.1. The van der Waals surface area contributed by atoms with Gasteiger partial charge in [-0.2, -0.15) is 5.26 Å². The highest BCUT2D eigenvalue weighted by Gasteiger charge is 2.17. The molecule has 1 amide bonds. The third-order valence-corrected chi connectivity index (χ3v) is 2.13. The molecule has 0 aromatic carbocycles. The fraction of sp³-hybridized carbons (Fsp3) is 0.500. The maximum absolute atomic E-state index is 12.0. The fourth-order valence-corrected chi connectivity index (χ4v) is 1.47. The summed E-state index contributed by atoms with van der Waals surface area (Å²) in [6.07, 6.45) is 3.27. The minimum atomic E-state index is -0.0716. The number of nitrogens with zero attached hydrogens (tertiary/aromatic N) is 2. The highest BCUT2D eigenvalue weighted by atomic mass is 16.3. The predicted molar refractivity (Wildman–Crippen MR) is 59.7 cm³/mol. The van der Waals surface area contributed by atoms with Crippen molar-refractivity contribution in [3.05, 3.63) is 24.2 Å². The summed E-state index contributed by atoms with van der Waals surface area (Å²) in [7, 11) is 0. The van der Waals surface area contributed by atoms with Crippen molar-refractivity contribution >= 4 is 5.91 Å². The summed E-state index contributed by atoms with van der Waals surface area (Å²) < 4.78 is 4.88. The average Bonchev–Trinajstić information content (AvgIpc) is 2.76. The Labute approximate surface area is 95.5 Å². The number of carbonyl (C=O) groups is 1. The van der Waals surface area contributed by atoms with Crippen LogP contribution in [0.1, 0.15) is 30.6 Å².